The SMILES string of the molecule is CC(=O)[C@@](C)(N)CCCCN.CC(C)(N)C(=O)O.CC(C)C[C@](C)(N)C(=O)O. The van der Waals surface area contributed by atoms with Crippen molar-refractivity contribution in [2.24, 2.45) is 28.9 Å². The van der Waals surface area contributed by atoms with Gasteiger partial charge in [-0.2, -0.15) is 0 Å². The van der Waals surface area contributed by atoms with Gasteiger partial charge in [0.25, 0.3) is 0 Å². The van der Waals surface area contributed by atoms with Gasteiger partial charge in [-0.15, -0.1) is 0 Å². The van der Waals surface area contributed by atoms with E-state index < -0.39 is 28.6 Å². The molecule has 0 aliphatic carbocycles. The van der Waals surface area contributed by atoms with Gasteiger partial charge in [0.2, 0.25) is 0 Å². The summed E-state index contributed by atoms with van der Waals surface area (Å²) in [6.45, 7) is 12.3. The highest BCUT2D eigenvalue weighted by Crippen LogP contribution is 2.13. The second kappa shape index (κ2) is 13.6. The molecule has 0 spiro atoms. The lowest BCUT2D eigenvalue weighted by atomic mass is 9.92. The zero-order valence-corrected chi connectivity index (χ0v) is 18.5. The lowest BCUT2D eigenvalue weighted by Gasteiger charge is -2.20. The Hall–Kier alpha value is -1.55. The van der Waals surface area contributed by atoms with Gasteiger partial charge in [0.05, 0.1) is 5.54 Å². The van der Waals surface area contributed by atoms with Crippen LogP contribution in [-0.2, 0) is 14.4 Å². The monoisotopic (exact) mass is 406 g/mol. The van der Waals surface area contributed by atoms with Crippen molar-refractivity contribution in [3.63, 3.8) is 0 Å². The first-order valence-electron chi connectivity index (χ1n) is 9.35. The van der Waals surface area contributed by atoms with Gasteiger partial charge in [-0.25, -0.2) is 0 Å². The molecule has 0 rings (SSSR count). The highest BCUT2D eigenvalue weighted by Gasteiger charge is 2.28. The van der Waals surface area contributed by atoms with E-state index in [1.165, 1.54) is 27.7 Å². The molecule has 0 saturated carbocycles. The highest BCUT2D eigenvalue weighted by atomic mass is 16.4. The maximum atomic E-state index is 10.9. The van der Waals surface area contributed by atoms with Gasteiger partial charge in [-0.1, -0.05) is 13.8 Å². The fourth-order valence-corrected chi connectivity index (χ4v) is 1.75. The van der Waals surface area contributed by atoms with Gasteiger partial charge in [0, 0.05) is 0 Å². The van der Waals surface area contributed by atoms with Crippen LogP contribution >= 0.6 is 0 Å². The number of carbonyl (C=O) groups excluding carboxylic acids is 1. The van der Waals surface area contributed by atoms with Crippen molar-refractivity contribution in [1.29, 1.82) is 0 Å². The second-order valence-electron chi connectivity index (χ2n) is 8.57. The van der Waals surface area contributed by atoms with Crippen molar-refractivity contribution in [2.75, 3.05) is 6.54 Å². The Kier molecular flexibility index (Phi) is 15.1. The van der Waals surface area contributed by atoms with Crippen molar-refractivity contribution in [2.45, 2.75) is 90.8 Å². The smallest absolute Gasteiger partial charge is 0.323 e. The third kappa shape index (κ3) is 17.8. The maximum absolute atomic E-state index is 10.9. The summed E-state index contributed by atoms with van der Waals surface area (Å²) in [5.41, 5.74) is 18.8. The van der Waals surface area contributed by atoms with Crippen LogP contribution in [0.15, 0.2) is 0 Å². The average molecular weight is 407 g/mol. The van der Waals surface area contributed by atoms with E-state index in [0.29, 0.717) is 18.9 Å². The van der Waals surface area contributed by atoms with Crippen LogP contribution < -0.4 is 22.9 Å². The van der Waals surface area contributed by atoms with Crippen LogP contribution in [-0.4, -0.2) is 51.1 Å². The van der Waals surface area contributed by atoms with Crippen molar-refractivity contribution in [3.8, 4) is 0 Å². The summed E-state index contributed by atoms with van der Waals surface area (Å²) in [5, 5.41) is 16.7. The summed E-state index contributed by atoms with van der Waals surface area (Å²) < 4.78 is 0. The summed E-state index contributed by atoms with van der Waals surface area (Å²) in [5.74, 6) is -1.53. The number of nitrogens with two attached hydrogens (primary N) is 4. The molecule has 168 valence electrons. The summed E-state index contributed by atoms with van der Waals surface area (Å²) in [4.78, 5) is 31.2. The van der Waals surface area contributed by atoms with Gasteiger partial charge >= 0.3 is 11.9 Å². The molecule has 0 aliphatic heterocycles. The van der Waals surface area contributed by atoms with Crippen LogP contribution in [0, 0.1) is 5.92 Å². The first kappa shape index (κ1) is 31.2. The highest BCUT2D eigenvalue weighted by molar-refractivity contribution is 5.85. The number of aliphatic carboxylic acids is 2. The molecular weight excluding hydrogens is 364 g/mol. The molecule has 0 aromatic heterocycles. The third-order valence-electron chi connectivity index (χ3n) is 3.83. The molecule has 0 bridgehead atoms. The van der Waals surface area contributed by atoms with E-state index in [1.807, 2.05) is 13.8 Å². The number of carboxylic acid groups (broad SMARTS) is 2. The Morgan fingerprint density at radius 1 is 0.857 bits per heavy atom. The zero-order chi connectivity index (χ0) is 23.3. The lowest BCUT2D eigenvalue weighted by molar-refractivity contribution is -0.143. The van der Waals surface area contributed by atoms with E-state index in [-0.39, 0.29) is 5.78 Å². The number of ketones is 1. The zero-order valence-electron chi connectivity index (χ0n) is 18.5. The lowest BCUT2D eigenvalue weighted by Crippen LogP contribution is -2.45. The van der Waals surface area contributed by atoms with E-state index in [1.54, 1.807) is 6.92 Å². The summed E-state index contributed by atoms with van der Waals surface area (Å²) in [7, 11) is 0. The standard InChI is InChI=1S/C8H18N2O.C7H15NO2.C4H9NO2/c1-7(11)8(2,10)5-3-4-6-9;1-5(2)4-7(3,8)6(9)10;1-4(2,5)3(6)7/h3-6,9-10H2,1-2H3;5H,4,8H2,1-3H3,(H,9,10);5H2,1-2H3,(H,6,7)/t8-;7-;/m00./s1. The van der Waals surface area contributed by atoms with Gasteiger partial charge < -0.3 is 33.1 Å². The van der Waals surface area contributed by atoms with Crippen LogP contribution in [0.5, 0.6) is 0 Å². The largest absolute Gasteiger partial charge is 0.480 e. The maximum Gasteiger partial charge on any atom is 0.323 e. The van der Waals surface area contributed by atoms with E-state index in [0.717, 1.165) is 19.3 Å². The van der Waals surface area contributed by atoms with E-state index in [2.05, 4.69) is 0 Å². The molecule has 0 fully saturated rings. The number of Topliss-reactive ketones (excluding diaryl/α,β-unsaturated/α-hetero) is 1. The molecule has 9 heteroatoms. The van der Waals surface area contributed by atoms with Crippen LogP contribution in [0.25, 0.3) is 0 Å². The van der Waals surface area contributed by atoms with Crippen molar-refractivity contribution < 1.29 is 24.6 Å². The molecule has 0 saturated heterocycles. The minimum Gasteiger partial charge on any atom is -0.480 e. The van der Waals surface area contributed by atoms with Crippen molar-refractivity contribution in [1.82, 2.24) is 0 Å². The Bertz CT molecular complexity index is 483. The van der Waals surface area contributed by atoms with E-state index >= 15 is 0 Å². The number of rotatable bonds is 9. The summed E-state index contributed by atoms with van der Waals surface area (Å²) in [6, 6.07) is 0. The van der Waals surface area contributed by atoms with Crippen molar-refractivity contribution >= 4 is 17.7 Å². The Morgan fingerprint density at radius 3 is 1.43 bits per heavy atom. The normalized spacial score (nSPS) is 15.1. The number of hydrogen-bond acceptors (Lipinski definition) is 7. The first-order valence-corrected chi connectivity index (χ1v) is 9.35. The second-order valence-corrected chi connectivity index (χ2v) is 8.57. The topological polar surface area (TPSA) is 196 Å². The molecule has 0 aromatic rings. The molecule has 0 heterocycles. The van der Waals surface area contributed by atoms with Gasteiger partial charge in [0.15, 0.2) is 0 Å². The van der Waals surface area contributed by atoms with Crippen LogP contribution in [0.4, 0.5) is 0 Å². The number of carboxylic acids is 2. The molecule has 0 aliphatic rings. The molecular formula is C19H42N4O5. The van der Waals surface area contributed by atoms with Crippen LogP contribution in [0.1, 0.15) is 74.1 Å². The van der Waals surface area contributed by atoms with Crippen LogP contribution in [0.3, 0.4) is 0 Å². The minimum absolute atomic E-state index is 0.0505. The number of carbonyl (C=O) groups is 3. The van der Waals surface area contributed by atoms with E-state index in [9.17, 15) is 14.4 Å². The molecule has 0 aromatic carbocycles. The summed E-state index contributed by atoms with van der Waals surface area (Å²) in [6.07, 6.45) is 3.13. The Morgan fingerprint density at radius 2 is 1.25 bits per heavy atom. The Balaban J connectivity index is -0.000000343. The fourth-order valence-electron chi connectivity index (χ4n) is 1.75. The minimum atomic E-state index is -1.08. The average Bonchev–Trinajstić information content (AvgIpc) is 2.46. The van der Waals surface area contributed by atoms with Gasteiger partial charge in [-0.3, -0.25) is 14.4 Å². The molecule has 10 N–H and O–H groups in total. The predicted molar refractivity (Wildman–Crippen MR) is 112 cm³/mol. The third-order valence-corrected chi connectivity index (χ3v) is 3.83. The van der Waals surface area contributed by atoms with E-state index in [4.69, 9.17) is 33.1 Å². The Labute approximate surface area is 169 Å². The molecule has 0 unspecified atom stereocenters. The predicted octanol–water partition coefficient (Wildman–Crippen LogP) is 1.06. The number of hydrogen-bond donors (Lipinski definition) is 6. The molecule has 0 radical (unpaired) electrons. The molecule has 9 nitrogen and oxygen atoms in total. The number of unbranched alkanes of at least 4 members (excludes halogenated alkanes) is 1. The quantitative estimate of drug-likeness (QED) is 0.303. The first-order chi connectivity index (χ1) is 12.3. The van der Waals surface area contributed by atoms with Gasteiger partial charge in [-0.05, 0) is 72.8 Å². The van der Waals surface area contributed by atoms with Crippen molar-refractivity contribution in [3.05, 3.63) is 0 Å². The molecule has 28 heavy (non-hydrogen) atoms. The fraction of sp³-hybridized carbons (Fsp3) is 0.842. The summed E-state index contributed by atoms with van der Waals surface area (Å²) >= 11 is 0. The van der Waals surface area contributed by atoms with Gasteiger partial charge in [0.1, 0.15) is 16.9 Å². The molecule has 2 atom stereocenters. The molecule has 0 amide bonds. The van der Waals surface area contributed by atoms with Crippen LogP contribution in [0.2, 0.25) is 0 Å².